The molecule has 0 spiro atoms. The Balaban J connectivity index is 2.02. The summed E-state index contributed by atoms with van der Waals surface area (Å²) in [5.74, 6) is 0.941. The van der Waals surface area contributed by atoms with E-state index in [-0.39, 0.29) is 5.69 Å². The monoisotopic (exact) mass is 320 g/mol. The Morgan fingerprint density at radius 2 is 2.00 bits per heavy atom. The minimum atomic E-state index is -2.60. The van der Waals surface area contributed by atoms with E-state index in [1.54, 1.807) is 13.1 Å². The van der Waals surface area contributed by atoms with Crippen LogP contribution in [0.4, 0.5) is 14.6 Å². The molecule has 7 heteroatoms. The number of thiophene rings is 1. The minimum Gasteiger partial charge on any atom is -0.355 e. The highest BCUT2D eigenvalue weighted by Gasteiger charge is 2.22. The number of alkyl halides is 2. The molecule has 1 aliphatic heterocycles. The molecule has 22 heavy (non-hydrogen) atoms. The zero-order valence-electron chi connectivity index (χ0n) is 12.0. The Hall–Kier alpha value is -1.89. The summed E-state index contributed by atoms with van der Waals surface area (Å²) in [4.78, 5) is 7.47. The number of fused-ring (bicyclic) bond motifs is 3. The zero-order chi connectivity index (χ0) is 15.3. The van der Waals surface area contributed by atoms with E-state index >= 15 is 0 Å². The molecule has 0 aliphatic carbocycles. The van der Waals surface area contributed by atoms with Gasteiger partial charge in [0.05, 0.1) is 4.70 Å². The SMILES string of the molecule is Cc1c(C(F)F)nnc2sc3c(N4CCCC4)nccc3c12. The number of aromatic nitrogens is 3. The van der Waals surface area contributed by atoms with Crippen molar-refractivity contribution in [1.82, 2.24) is 15.2 Å². The van der Waals surface area contributed by atoms with Gasteiger partial charge in [-0.2, -0.15) is 0 Å². The maximum atomic E-state index is 13.1. The summed E-state index contributed by atoms with van der Waals surface area (Å²) in [6, 6.07) is 1.89. The molecule has 0 radical (unpaired) electrons. The first-order valence-electron chi connectivity index (χ1n) is 7.24. The van der Waals surface area contributed by atoms with Crippen LogP contribution in [0.3, 0.4) is 0 Å². The maximum Gasteiger partial charge on any atom is 0.282 e. The molecule has 1 saturated heterocycles. The Bertz CT molecular complexity index is 855. The molecule has 0 saturated carbocycles. The van der Waals surface area contributed by atoms with Crippen LogP contribution in [-0.4, -0.2) is 28.3 Å². The summed E-state index contributed by atoms with van der Waals surface area (Å²) < 4.78 is 27.2. The van der Waals surface area contributed by atoms with Crippen LogP contribution in [0.5, 0.6) is 0 Å². The second-order valence-corrected chi connectivity index (χ2v) is 6.50. The van der Waals surface area contributed by atoms with Crippen molar-refractivity contribution in [3.63, 3.8) is 0 Å². The highest BCUT2D eigenvalue weighted by molar-refractivity contribution is 7.26. The standard InChI is InChI=1S/C15H14F2N4S/c1-8-10-9-4-5-18-14(21-6-2-3-7-21)12(9)22-15(10)20-19-11(8)13(16)17/h4-5,13H,2-3,6-7H2,1H3. The van der Waals surface area contributed by atoms with Gasteiger partial charge in [-0.05, 0) is 31.4 Å². The van der Waals surface area contributed by atoms with E-state index in [0.29, 0.717) is 10.4 Å². The third kappa shape index (κ3) is 1.95. The van der Waals surface area contributed by atoms with Gasteiger partial charge in [0.1, 0.15) is 16.3 Å². The van der Waals surface area contributed by atoms with Crippen molar-refractivity contribution in [2.45, 2.75) is 26.2 Å². The average Bonchev–Trinajstić information content (AvgIpc) is 3.14. The minimum absolute atomic E-state index is 0.230. The topological polar surface area (TPSA) is 41.9 Å². The van der Waals surface area contributed by atoms with Crippen LogP contribution < -0.4 is 4.90 Å². The summed E-state index contributed by atoms with van der Waals surface area (Å²) in [7, 11) is 0. The molecular formula is C15H14F2N4S. The highest BCUT2D eigenvalue weighted by atomic mass is 32.1. The van der Waals surface area contributed by atoms with Crippen molar-refractivity contribution in [3.8, 4) is 0 Å². The third-order valence-corrected chi connectivity index (χ3v) is 5.27. The van der Waals surface area contributed by atoms with E-state index in [1.807, 2.05) is 6.07 Å². The van der Waals surface area contributed by atoms with Gasteiger partial charge in [-0.3, -0.25) is 0 Å². The maximum absolute atomic E-state index is 13.1. The van der Waals surface area contributed by atoms with Crippen LogP contribution in [0.2, 0.25) is 0 Å². The van der Waals surface area contributed by atoms with Crippen molar-refractivity contribution in [1.29, 1.82) is 0 Å². The molecule has 0 bridgehead atoms. The number of nitrogens with zero attached hydrogens (tertiary/aromatic N) is 4. The smallest absolute Gasteiger partial charge is 0.282 e. The predicted molar refractivity (Wildman–Crippen MR) is 83.9 cm³/mol. The molecule has 4 nitrogen and oxygen atoms in total. The first-order valence-corrected chi connectivity index (χ1v) is 8.06. The Kier molecular flexibility index (Phi) is 3.18. The van der Waals surface area contributed by atoms with E-state index in [2.05, 4.69) is 20.1 Å². The van der Waals surface area contributed by atoms with Crippen LogP contribution in [0.1, 0.15) is 30.5 Å². The van der Waals surface area contributed by atoms with Crippen molar-refractivity contribution < 1.29 is 8.78 Å². The molecule has 1 fully saturated rings. The lowest BCUT2D eigenvalue weighted by Gasteiger charge is -2.16. The van der Waals surface area contributed by atoms with Crippen molar-refractivity contribution in [2.24, 2.45) is 0 Å². The van der Waals surface area contributed by atoms with E-state index in [1.165, 1.54) is 11.3 Å². The number of anilines is 1. The molecule has 0 amide bonds. The van der Waals surface area contributed by atoms with Gasteiger partial charge in [0.25, 0.3) is 6.43 Å². The van der Waals surface area contributed by atoms with E-state index in [4.69, 9.17) is 0 Å². The number of pyridine rings is 1. The van der Waals surface area contributed by atoms with Crippen molar-refractivity contribution in [3.05, 3.63) is 23.5 Å². The van der Waals surface area contributed by atoms with E-state index in [0.717, 1.165) is 47.2 Å². The van der Waals surface area contributed by atoms with Crippen LogP contribution in [-0.2, 0) is 0 Å². The summed E-state index contributed by atoms with van der Waals surface area (Å²) in [5, 5.41) is 9.45. The molecule has 0 unspecified atom stereocenters. The predicted octanol–water partition coefficient (Wildman–Crippen LogP) is 4.09. The van der Waals surface area contributed by atoms with Gasteiger partial charge in [0.2, 0.25) is 0 Å². The molecule has 4 heterocycles. The summed E-state index contributed by atoms with van der Waals surface area (Å²) in [6.07, 6.45) is 1.48. The largest absolute Gasteiger partial charge is 0.355 e. The quantitative estimate of drug-likeness (QED) is 0.713. The summed E-state index contributed by atoms with van der Waals surface area (Å²) in [5.41, 5.74) is 0.288. The molecule has 3 aromatic heterocycles. The fraction of sp³-hybridized carbons (Fsp3) is 0.400. The number of hydrogen-bond acceptors (Lipinski definition) is 5. The molecule has 3 aromatic rings. The van der Waals surface area contributed by atoms with Crippen molar-refractivity contribution in [2.75, 3.05) is 18.0 Å². The number of hydrogen-bond donors (Lipinski definition) is 0. The lowest BCUT2D eigenvalue weighted by molar-refractivity contribution is 0.144. The lowest BCUT2D eigenvalue weighted by Crippen LogP contribution is -2.18. The lowest BCUT2D eigenvalue weighted by atomic mass is 10.1. The van der Waals surface area contributed by atoms with E-state index in [9.17, 15) is 8.78 Å². The Morgan fingerprint density at radius 1 is 1.23 bits per heavy atom. The highest BCUT2D eigenvalue weighted by Crippen LogP contribution is 2.40. The molecule has 1 aliphatic rings. The molecule has 0 aromatic carbocycles. The molecule has 0 atom stereocenters. The van der Waals surface area contributed by atoms with Gasteiger partial charge in [0.15, 0.2) is 0 Å². The van der Waals surface area contributed by atoms with Crippen LogP contribution in [0, 0.1) is 6.92 Å². The molecule has 114 valence electrons. The third-order valence-electron chi connectivity index (χ3n) is 4.19. The Morgan fingerprint density at radius 3 is 2.73 bits per heavy atom. The summed E-state index contributed by atoms with van der Waals surface area (Å²) in [6.45, 7) is 3.68. The molecule has 4 rings (SSSR count). The van der Waals surface area contributed by atoms with Gasteiger partial charge in [-0.15, -0.1) is 21.5 Å². The average molecular weight is 320 g/mol. The van der Waals surface area contributed by atoms with Gasteiger partial charge >= 0.3 is 0 Å². The zero-order valence-corrected chi connectivity index (χ0v) is 12.8. The first-order chi connectivity index (χ1) is 10.7. The fourth-order valence-corrected chi connectivity index (χ4v) is 4.29. The summed E-state index contributed by atoms with van der Waals surface area (Å²) >= 11 is 1.49. The normalized spacial score (nSPS) is 15.5. The van der Waals surface area contributed by atoms with Crippen LogP contribution in [0.15, 0.2) is 12.3 Å². The Labute approximate surface area is 129 Å². The van der Waals surface area contributed by atoms with Gasteiger partial charge < -0.3 is 4.90 Å². The second kappa shape index (κ2) is 5.08. The second-order valence-electron chi connectivity index (χ2n) is 5.50. The van der Waals surface area contributed by atoms with Crippen LogP contribution >= 0.6 is 11.3 Å². The number of aryl methyl sites for hydroxylation is 1. The van der Waals surface area contributed by atoms with Gasteiger partial charge in [-0.25, -0.2) is 13.8 Å². The number of halogens is 2. The van der Waals surface area contributed by atoms with E-state index < -0.39 is 6.43 Å². The molecular weight excluding hydrogens is 306 g/mol. The van der Waals surface area contributed by atoms with Crippen molar-refractivity contribution >= 4 is 37.5 Å². The number of rotatable bonds is 2. The fourth-order valence-electron chi connectivity index (χ4n) is 3.09. The molecule has 0 N–H and O–H groups in total. The van der Waals surface area contributed by atoms with Gasteiger partial charge in [-0.1, -0.05) is 0 Å². The first kappa shape index (κ1) is 13.8. The van der Waals surface area contributed by atoms with Gasteiger partial charge in [0, 0.05) is 30.1 Å². The van der Waals surface area contributed by atoms with Crippen LogP contribution in [0.25, 0.3) is 20.3 Å².